The first-order chi connectivity index (χ1) is 16.6. The van der Waals surface area contributed by atoms with Crippen molar-refractivity contribution in [3.8, 4) is 34.6 Å². The van der Waals surface area contributed by atoms with Gasteiger partial charge in [0.1, 0.15) is 5.76 Å². The Bertz CT molecular complexity index is 1400. The molecule has 0 unspecified atom stereocenters. The first kappa shape index (κ1) is 21.9. The van der Waals surface area contributed by atoms with Crippen molar-refractivity contribution in [3.63, 3.8) is 0 Å². The molecule has 0 saturated carbocycles. The summed E-state index contributed by atoms with van der Waals surface area (Å²) in [5, 5.41) is 10.3. The molecule has 0 aliphatic carbocycles. The maximum atomic E-state index is 9.27. The zero-order valence-corrected chi connectivity index (χ0v) is 19.6. The molecule has 34 heavy (non-hydrogen) atoms. The van der Waals surface area contributed by atoms with Gasteiger partial charge in [0.2, 0.25) is 0 Å². The minimum absolute atomic E-state index is 0.601. The Morgan fingerprint density at radius 2 is 1.68 bits per heavy atom. The van der Waals surface area contributed by atoms with Crippen molar-refractivity contribution in [1.82, 2.24) is 4.90 Å². The number of nitrogens with zero attached hydrogens (tertiary/aromatic N) is 2. The highest BCUT2D eigenvalue weighted by Crippen LogP contribution is 2.37. The van der Waals surface area contributed by atoms with E-state index in [1.54, 1.807) is 27.4 Å². The van der Waals surface area contributed by atoms with E-state index in [-0.39, 0.29) is 0 Å². The molecule has 0 saturated heterocycles. The first-order valence-corrected chi connectivity index (χ1v) is 11.2. The Hall–Kier alpha value is -3.95. The van der Waals surface area contributed by atoms with Crippen LogP contribution in [-0.4, -0.2) is 32.8 Å². The van der Waals surface area contributed by atoms with Crippen LogP contribution in [0.5, 0.6) is 17.2 Å². The molecular formula is C28H26N2O4. The van der Waals surface area contributed by atoms with Crippen LogP contribution in [0, 0.1) is 11.3 Å². The molecule has 3 aromatic carbocycles. The van der Waals surface area contributed by atoms with Crippen LogP contribution in [0.3, 0.4) is 0 Å². The summed E-state index contributed by atoms with van der Waals surface area (Å²) in [4.78, 5) is 2.43. The lowest BCUT2D eigenvalue weighted by atomic mass is 9.98. The summed E-state index contributed by atoms with van der Waals surface area (Å²) in [6, 6.07) is 19.9. The summed E-state index contributed by atoms with van der Waals surface area (Å²) in [6.45, 7) is 2.56. The number of benzene rings is 3. The van der Waals surface area contributed by atoms with Crippen molar-refractivity contribution < 1.29 is 18.6 Å². The standard InChI is InChI=1S/C28H26N2O4/c1-31-24-8-7-21(23-14-25(34-28(23)24)20-6-4-5-18(11-20)15-29)16-30-10-9-19-12-26(32-2)27(33-3)13-22(19)17-30/h4-8,11-14H,9-10,16-17H2,1-3H3. The van der Waals surface area contributed by atoms with Gasteiger partial charge >= 0.3 is 0 Å². The molecule has 1 aliphatic rings. The van der Waals surface area contributed by atoms with Gasteiger partial charge in [-0.05, 0) is 59.5 Å². The molecule has 1 aliphatic heterocycles. The van der Waals surface area contributed by atoms with E-state index < -0.39 is 0 Å². The highest BCUT2D eigenvalue weighted by atomic mass is 16.5. The first-order valence-electron chi connectivity index (χ1n) is 11.2. The van der Waals surface area contributed by atoms with Gasteiger partial charge in [-0.3, -0.25) is 4.90 Å². The lowest BCUT2D eigenvalue weighted by molar-refractivity contribution is 0.245. The quantitative estimate of drug-likeness (QED) is 0.380. The molecule has 4 aromatic rings. The average Bonchev–Trinajstić information content (AvgIpc) is 3.34. The second kappa shape index (κ2) is 9.12. The third kappa shape index (κ3) is 3.95. The number of fused-ring (bicyclic) bond motifs is 2. The van der Waals surface area contributed by atoms with E-state index >= 15 is 0 Å². The smallest absolute Gasteiger partial charge is 0.176 e. The van der Waals surface area contributed by atoms with Crippen LogP contribution in [0.1, 0.15) is 22.3 Å². The fraction of sp³-hybridized carbons (Fsp3) is 0.250. The molecule has 6 heteroatoms. The maximum absolute atomic E-state index is 9.27. The van der Waals surface area contributed by atoms with E-state index in [4.69, 9.17) is 18.6 Å². The number of rotatable bonds is 6. The molecular weight excluding hydrogens is 428 g/mol. The lowest BCUT2D eigenvalue weighted by Crippen LogP contribution is -2.30. The average molecular weight is 455 g/mol. The van der Waals surface area contributed by atoms with Crippen LogP contribution in [0.25, 0.3) is 22.3 Å². The predicted molar refractivity (Wildman–Crippen MR) is 130 cm³/mol. The zero-order valence-electron chi connectivity index (χ0n) is 19.6. The summed E-state index contributed by atoms with van der Waals surface area (Å²) < 4.78 is 22.8. The molecule has 0 atom stereocenters. The Morgan fingerprint density at radius 3 is 2.41 bits per heavy atom. The second-order valence-electron chi connectivity index (χ2n) is 8.41. The molecule has 0 spiro atoms. The summed E-state index contributed by atoms with van der Waals surface area (Å²) in [5.74, 6) is 2.95. The molecule has 0 bridgehead atoms. The Labute approximate surface area is 198 Å². The van der Waals surface area contributed by atoms with Crippen molar-refractivity contribution in [2.45, 2.75) is 19.5 Å². The third-order valence-electron chi connectivity index (χ3n) is 6.42. The number of hydrogen-bond acceptors (Lipinski definition) is 6. The van der Waals surface area contributed by atoms with Gasteiger partial charge in [-0.15, -0.1) is 0 Å². The number of furan rings is 1. The molecule has 0 radical (unpaired) electrons. The molecule has 5 rings (SSSR count). The predicted octanol–water partition coefficient (Wildman–Crippen LogP) is 5.56. The van der Waals surface area contributed by atoms with Crippen molar-refractivity contribution in [3.05, 3.63) is 76.9 Å². The summed E-state index contributed by atoms with van der Waals surface area (Å²) in [5.41, 5.74) is 5.93. The maximum Gasteiger partial charge on any atom is 0.176 e. The zero-order chi connectivity index (χ0) is 23.7. The van der Waals surface area contributed by atoms with E-state index in [9.17, 15) is 5.26 Å². The Balaban J connectivity index is 1.47. The Morgan fingerprint density at radius 1 is 0.912 bits per heavy atom. The van der Waals surface area contributed by atoms with E-state index in [0.717, 1.165) is 59.8 Å². The summed E-state index contributed by atoms with van der Waals surface area (Å²) in [7, 11) is 4.99. The number of nitriles is 1. The van der Waals surface area contributed by atoms with E-state index in [2.05, 4.69) is 35.2 Å². The normalized spacial score (nSPS) is 13.4. The molecule has 1 aromatic heterocycles. The van der Waals surface area contributed by atoms with Crippen LogP contribution in [0.4, 0.5) is 0 Å². The van der Waals surface area contributed by atoms with E-state index in [1.165, 1.54) is 16.7 Å². The van der Waals surface area contributed by atoms with Crippen LogP contribution < -0.4 is 14.2 Å². The number of hydrogen-bond donors (Lipinski definition) is 0. The fourth-order valence-electron chi connectivity index (χ4n) is 4.65. The monoisotopic (exact) mass is 454 g/mol. The van der Waals surface area contributed by atoms with E-state index in [0.29, 0.717) is 11.3 Å². The largest absolute Gasteiger partial charge is 0.493 e. The van der Waals surface area contributed by atoms with Gasteiger partial charge in [0.15, 0.2) is 22.8 Å². The van der Waals surface area contributed by atoms with Crippen LogP contribution in [0.15, 0.2) is 59.0 Å². The molecule has 0 N–H and O–H groups in total. The molecule has 172 valence electrons. The van der Waals surface area contributed by atoms with Crippen molar-refractivity contribution in [2.24, 2.45) is 0 Å². The van der Waals surface area contributed by atoms with Crippen molar-refractivity contribution in [2.75, 3.05) is 27.9 Å². The van der Waals surface area contributed by atoms with Gasteiger partial charge in [-0.1, -0.05) is 18.2 Å². The lowest BCUT2D eigenvalue weighted by Gasteiger charge is -2.29. The third-order valence-corrected chi connectivity index (χ3v) is 6.42. The second-order valence-corrected chi connectivity index (χ2v) is 8.41. The van der Waals surface area contributed by atoms with Gasteiger partial charge < -0.3 is 18.6 Å². The van der Waals surface area contributed by atoms with E-state index in [1.807, 2.05) is 24.3 Å². The van der Waals surface area contributed by atoms with Gasteiger partial charge in [0, 0.05) is 30.6 Å². The van der Waals surface area contributed by atoms with Crippen LogP contribution in [0.2, 0.25) is 0 Å². The molecule has 0 fully saturated rings. The highest BCUT2D eigenvalue weighted by molar-refractivity contribution is 5.90. The summed E-state index contributed by atoms with van der Waals surface area (Å²) >= 11 is 0. The summed E-state index contributed by atoms with van der Waals surface area (Å²) in [6.07, 6.45) is 0.951. The highest BCUT2D eigenvalue weighted by Gasteiger charge is 2.22. The number of ether oxygens (including phenoxy) is 3. The fourth-order valence-corrected chi connectivity index (χ4v) is 4.65. The molecule has 6 nitrogen and oxygen atoms in total. The van der Waals surface area contributed by atoms with Gasteiger partial charge in [-0.2, -0.15) is 5.26 Å². The van der Waals surface area contributed by atoms with Gasteiger partial charge in [0.05, 0.1) is 33.0 Å². The molecule has 0 amide bonds. The van der Waals surface area contributed by atoms with Gasteiger partial charge in [-0.25, -0.2) is 0 Å². The van der Waals surface area contributed by atoms with Gasteiger partial charge in [0.25, 0.3) is 0 Å². The minimum Gasteiger partial charge on any atom is -0.493 e. The van der Waals surface area contributed by atoms with Crippen LogP contribution in [-0.2, 0) is 19.5 Å². The Kier molecular flexibility index (Phi) is 5.87. The minimum atomic E-state index is 0.601. The van der Waals surface area contributed by atoms with Crippen LogP contribution >= 0.6 is 0 Å². The number of methoxy groups -OCH3 is 3. The van der Waals surface area contributed by atoms with Crippen molar-refractivity contribution in [1.29, 1.82) is 5.26 Å². The molecule has 2 heterocycles. The SMILES string of the molecule is COc1cc2c(cc1OC)CN(Cc1ccc(OC)c3oc(-c4cccc(C#N)c4)cc13)CC2. The topological polar surface area (TPSA) is 67.9 Å². The van der Waals surface area contributed by atoms with Crippen molar-refractivity contribution >= 4 is 11.0 Å².